The molecule has 0 saturated carbocycles. The van der Waals surface area contributed by atoms with Gasteiger partial charge in [-0.15, -0.1) is 0 Å². The van der Waals surface area contributed by atoms with Crippen LogP contribution in [0.3, 0.4) is 0 Å². The van der Waals surface area contributed by atoms with Crippen molar-refractivity contribution in [2.24, 2.45) is 5.73 Å². The van der Waals surface area contributed by atoms with E-state index in [2.05, 4.69) is 15.6 Å². The second-order valence-electron chi connectivity index (χ2n) is 5.31. The number of aromatic nitrogens is 1. The van der Waals surface area contributed by atoms with Crippen LogP contribution in [0.2, 0.25) is 0 Å². The van der Waals surface area contributed by atoms with Gasteiger partial charge >= 0.3 is 12.0 Å². The standard InChI is InChI=1S/C17H18N4O4/c18-16(24)11-3-5-13(6-4-11)20-17(25)21-14(7-8-15(22)23)12-2-1-9-19-10-12/h1-6,9-10,14H,7-8H2,(H2,18,24)(H,22,23)(H2,20,21,25). The summed E-state index contributed by atoms with van der Waals surface area (Å²) < 4.78 is 0. The average molecular weight is 342 g/mol. The van der Waals surface area contributed by atoms with Gasteiger partial charge in [-0.05, 0) is 42.3 Å². The first-order valence-corrected chi connectivity index (χ1v) is 7.55. The minimum Gasteiger partial charge on any atom is -0.481 e. The van der Waals surface area contributed by atoms with Crippen molar-refractivity contribution in [3.63, 3.8) is 0 Å². The summed E-state index contributed by atoms with van der Waals surface area (Å²) in [5.74, 6) is -1.50. The SMILES string of the molecule is NC(=O)c1ccc(NC(=O)NC(CCC(=O)O)c2cccnc2)cc1. The molecule has 1 aromatic heterocycles. The smallest absolute Gasteiger partial charge is 0.319 e. The van der Waals surface area contributed by atoms with Gasteiger partial charge in [0.2, 0.25) is 5.91 Å². The van der Waals surface area contributed by atoms with Gasteiger partial charge in [-0.2, -0.15) is 0 Å². The highest BCUT2D eigenvalue weighted by Crippen LogP contribution is 2.18. The van der Waals surface area contributed by atoms with Gasteiger partial charge in [0.05, 0.1) is 6.04 Å². The molecule has 0 aliphatic rings. The molecule has 0 bridgehead atoms. The number of nitrogens with one attached hydrogen (secondary N) is 2. The predicted octanol–water partition coefficient (Wildman–Crippen LogP) is 1.91. The Bertz CT molecular complexity index is 747. The van der Waals surface area contributed by atoms with Gasteiger partial charge in [-0.25, -0.2) is 4.79 Å². The van der Waals surface area contributed by atoms with Gasteiger partial charge in [0.15, 0.2) is 0 Å². The Morgan fingerprint density at radius 3 is 2.44 bits per heavy atom. The van der Waals surface area contributed by atoms with Crippen molar-refractivity contribution in [3.8, 4) is 0 Å². The summed E-state index contributed by atoms with van der Waals surface area (Å²) in [5, 5.41) is 14.2. The zero-order valence-electron chi connectivity index (χ0n) is 13.3. The third-order valence-electron chi connectivity index (χ3n) is 3.47. The van der Waals surface area contributed by atoms with E-state index in [-0.39, 0.29) is 12.8 Å². The number of pyridine rings is 1. The Balaban J connectivity index is 2.03. The van der Waals surface area contributed by atoms with E-state index in [0.717, 1.165) is 0 Å². The van der Waals surface area contributed by atoms with Gasteiger partial charge < -0.3 is 21.5 Å². The molecule has 1 unspecified atom stereocenters. The molecule has 8 nitrogen and oxygen atoms in total. The van der Waals surface area contributed by atoms with Crippen LogP contribution >= 0.6 is 0 Å². The van der Waals surface area contributed by atoms with Gasteiger partial charge in [-0.3, -0.25) is 14.6 Å². The summed E-state index contributed by atoms with van der Waals surface area (Å²) in [6.07, 6.45) is 3.31. The van der Waals surface area contributed by atoms with Crippen LogP contribution < -0.4 is 16.4 Å². The molecule has 25 heavy (non-hydrogen) atoms. The van der Waals surface area contributed by atoms with Crippen molar-refractivity contribution >= 4 is 23.6 Å². The highest BCUT2D eigenvalue weighted by Gasteiger charge is 2.16. The monoisotopic (exact) mass is 342 g/mol. The lowest BCUT2D eigenvalue weighted by molar-refractivity contribution is -0.137. The maximum Gasteiger partial charge on any atom is 0.319 e. The number of carboxylic acid groups (broad SMARTS) is 1. The molecule has 5 N–H and O–H groups in total. The number of rotatable bonds is 7. The lowest BCUT2D eigenvalue weighted by atomic mass is 10.0. The molecule has 0 fully saturated rings. The average Bonchev–Trinajstić information content (AvgIpc) is 2.59. The number of urea groups is 1. The van der Waals surface area contributed by atoms with E-state index in [1.807, 2.05) is 0 Å². The maximum absolute atomic E-state index is 12.2. The van der Waals surface area contributed by atoms with Crippen molar-refractivity contribution in [1.82, 2.24) is 10.3 Å². The number of hydrogen-bond donors (Lipinski definition) is 4. The van der Waals surface area contributed by atoms with Crippen LogP contribution in [0.4, 0.5) is 10.5 Å². The second-order valence-corrected chi connectivity index (χ2v) is 5.31. The van der Waals surface area contributed by atoms with E-state index in [4.69, 9.17) is 10.8 Å². The number of hydrogen-bond acceptors (Lipinski definition) is 4. The van der Waals surface area contributed by atoms with Crippen molar-refractivity contribution in [3.05, 3.63) is 59.9 Å². The number of nitrogens with two attached hydrogens (primary N) is 1. The first-order chi connectivity index (χ1) is 12.0. The molecule has 1 aromatic carbocycles. The fourth-order valence-electron chi connectivity index (χ4n) is 2.22. The Kier molecular flexibility index (Phi) is 6.05. The molecule has 3 amide bonds. The maximum atomic E-state index is 12.2. The predicted molar refractivity (Wildman–Crippen MR) is 91.0 cm³/mol. The summed E-state index contributed by atoms with van der Waals surface area (Å²) in [6, 6.07) is 8.60. The molecule has 1 heterocycles. The normalized spacial score (nSPS) is 11.4. The highest BCUT2D eigenvalue weighted by atomic mass is 16.4. The number of benzene rings is 1. The summed E-state index contributed by atoms with van der Waals surface area (Å²) in [4.78, 5) is 38.0. The Labute approximate surface area is 144 Å². The van der Waals surface area contributed by atoms with E-state index in [1.54, 1.807) is 36.7 Å². The van der Waals surface area contributed by atoms with Crippen molar-refractivity contribution < 1.29 is 19.5 Å². The molecule has 8 heteroatoms. The van der Waals surface area contributed by atoms with Gasteiger partial charge in [0.25, 0.3) is 0 Å². The number of carboxylic acids is 1. The highest BCUT2D eigenvalue weighted by molar-refractivity contribution is 5.94. The Morgan fingerprint density at radius 1 is 1.16 bits per heavy atom. The van der Waals surface area contributed by atoms with Crippen molar-refractivity contribution in [2.45, 2.75) is 18.9 Å². The summed E-state index contributed by atoms with van der Waals surface area (Å²) >= 11 is 0. The van der Waals surface area contributed by atoms with Gasteiger partial charge in [0, 0.05) is 30.1 Å². The third kappa shape index (κ3) is 5.61. The van der Waals surface area contributed by atoms with Crippen LogP contribution in [0, 0.1) is 0 Å². The topological polar surface area (TPSA) is 134 Å². The minimum absolute atomic E-state index is 0.0901. The largest absolute Gasteiger partial charge is 0.481 e. The Hall–Kier alpha value is -3.42. The number of anilines is 1. The number of amides is 3. The van der Waals surface area contributed by atoms with E-state index in [0.29, 0.717) is 16.8 Å². The van der Waals surface area contributed by atoms with Crippen LogP contribution in [0.5, 0.6) is 0 Å². The minimum atomic E-state index is -0.946. The molecule has 0 aliphatic heterocycles. The number of aliphatic carboxylic acids is 1. The first kappa shape index (κ1) is 17.9. The summed E-state index contributed by atoms with van der Waals surface area (Å²) in [5.41, 5.74) is 6.68. The molecule has 1 atom stereocenters. The Morgan fingerprint density at radius 2 is 1.88 bits per heavy atom. The molecule has 2 rings (SSSR count). The zero-order chi connectivity index (χ0) is 18.2. The lowest BCUT2D eigenvalue weighted by Crippen LogP contribution is -2.33. The molecular weight excluding hydrogens is 324 g/mol. The summed E-state index contributed by atoms with van der Waals surface area (Å²) in [6.45, 7) is 0. The van der Waals surface area contributed by atoms with Crippen LogP contribution in [0.1, 0.15) is 34.8 Å². The molecule has 0 radical (unpaired) electrons. The zero-order valence-corrected chi connectivity index (χ0v) is 13.3. The molecule has 2 aromatic rings. The van der Waals surface area contributed by atoms with Crippen LogP contribution in [0.25, 0.3) is 0 Å². The lowest BCUT2D eigenvalue weighted by Gasteiger charge is -2.18. The first-order valence-electron chi connectivity index (χ1n) is 7.55. The quantitative estimate of drug-likeness (QED) is 0.609. The van der Waals surface area contributed by atoms with Crippen LogP contribution in [0.15, 0.2) is 48.8 Å². The number of nitrogens with zero attached hydrogens (tertiary/aromatic N) is 1. The fraction of sp³-hybridized carbons (Fsp3) is 0.176. The molecule has 0 aliphatic carbocycles. The number of carbonyl (C=O) groups excluding carboxylic acids is 2. The van der Waals surface area contributed by atoms with E-state index in [1.165, 1.54) is 12.1 Å². The fourth-order valence-corrected chi connectivity index (χ4v) is 2.22. The molecule has 0 spiro atoms. The molecule has 130 valence electrons. The second kappa shape index (κ2) is 8.44. The number of primary amides is 1. The molecule has 0 saturated heterocycles. The van der Waals surface area contributed by atoms with Crippen LogP contribution in [-0.2, 0) is 4.79 Å². The van der Waals surface area contributed by atoms with Crippen molar-refractivity contribution in [1.29, 1.82) is 0 Å². The van der Waals surface area contributed by atoms with E-state index < -0.39 is 23.9 Å². The van der Waals surface area contributed by atoms with Gasteiger partial charge in [0.1, 0.15) is 0 Å². The third-order valence-corrected chi connectivity index (χ3v) is 3.47. The van der Waals surface area contributed by atoms with E-state index in [9.17, 15) is 14.4 Å². The van der Waals surface area contributed by atoms with Crippen molar-refractivity contribution in [2.75, 3.05) is 5.32 Å². The summed E-state index contributed by atoms with van der Waals surface area (Å²) in [7, 11) is 0. The van der Waals surface area contributed by atoms with Crippen LogP contribution in [-0.4, -0.2) is 28.0 Å². The van der Waals surface area contributed by atoms with E-state index >= 15 is 0 Å². The molecular formula is C17H18N4O4. The van der Waals surface area contributed by atoms with Gasteiger partial charge in [-0.1, -0.05) is 6.07 Å². The number of carbonyl (C=O) groups is 3.